The van der Waals surface area contributed by atoms with Crippen LogP contribution in [0.15, 0.2) is 30.3 Å². The van der Waals surface area contributed by atoms with E-state index in [4.69, 9.17) is 0 Å². The first-order chi connectivity index (χ1) is 9.18. The number of nitrogens with zero attached hydrogens (tertiary/aromatic N) is 1. The molecule has 1 heterocycles. The molecule has 0 radical (unpaired) electrons. The second-order valence-corrected chi connectivity index (χ2v) is 6.26. The van der Waals surface area contributed by atoms with Gasteiger partial charge in [-0.2, -0.15) is 0 Å². The number of likely N-dealkylation sites (tertiary alicyclic amines) is 1. The van der Waals surface area contributed by atoms with Gasteiger partial charge in [-0.15, -0.1) is 0 Å². The first-order valence-electron chi connectivity index (χ1n) is 7.60. The van der Waals surface area contributed by atoms with Gasteiger partial charge in [0.1, 0.15) is 0 Å². The number of hydrogen-bond acceptors (Lipinski definition) is 2. The quantitative estimate of drug-likeness (QED) is 0.846. The second-order valence-electron chi connectivity index (χ2n) is 6.26. The number of likely N-dealkylation sites (N-methyl/N-ethyl adjacent to an activating group) is 1. The molecule has 2 unspecified atom stereocenters. The van der Waals surface area contributed by atoms with Crippen molar-refractivity contribution >= 4 is 0 Å². The zero-order valence-corrected chi connectivity index (χ0v) is 12.7. The van der Waals surface area contributed by atoms with Crippen molar-refractivity contribution in [2.24, 2.45) is 5.92 Å². The molecule has 0 bridgehead atoms. The van der Waals surface area contributed by atoms with Gasteiger partial charge in [0.05, 0.1) is 0 Å². The highest BCUT2D eigenvalue weighted by Gasteiger charge is 2.31. The van der Waals surface area contributed by atoms with Crippen molar-refractivity contribution in [2.45, 2.75) is 32.1 Å². The van der Waals surface area contributed by atoms with E-state index in [-0.39, 0.29) is 5.41 Å². The molecule has 0 amide bonds. The van der Waals surface area contributed by atoms with Crippen LogP contribution in [0.5, 0.6) is 0 Å². The van der Waals surface area contributed by atoms with Crippen LogP contribution in [0.3, 0.4) is 0 Å². The van der Waals surface area contributed by atoms with Crippen LogP contribution in [-0.4, -0.2) is 38.1 Å². The van der Waals surface area contributed by atoms with E-state index in [1.54, 1.807) is 0 Å². The van der Waals surface area contributed by atoms with Gasteiger partial charge in [0, 0.05) is 25.0 Å². The molecule has 0 spiro atoms. The second kappa shape index (κ2) is 6.53. The van der Waals surface area contributed by atoms with Gasteiger partial charge in [0.25, 0.3) is 0 Å². The summed E-state index contributed by atoms with van der Waals surface area (Å²) >= 11 is 0. The van der Waals surface area contributed by atoms with Gasteiger partial charge < -0.3 is 10.2 Å². The maximum absolute atomic E-state index is 3.38. The zero-order chi connectivity index (χ0) is 13.7. The molecule has 1 aliphatic heterocycles. The van der Waals surface area contributed by atoms with E-state index in [1.807, 2.05) is 0 Å². The SMILES string of the molecule is CCC1CCN(CC(C)(CNC)c2ccccc2)C1. The molecule has 1 aliphatic rings. The maximum Gasteiger partial charge on any atom is 0.0176 e. The molecule has 2 rings (SSSR count). The molecule has 0 aliphatic carbocycles. The Hall–Kier alpha value is -0.860. The van der Waals surface area contributed by atoms with Gasteiger partial charge >= 0.3 is 0 Å². The summed E-state index contributed by atoms with van der Waals surface area (Å²) in [5.74, 6) is 0.912. The van der Waals surface area contributed by atoms with Crippen LogP contribution in [0.1, 0.15) is 32.3 Å². The van der Waals surface area contributed by atoms with E-state index in [2.05, 4.69) is 61.4 Å². The van der Waals surface area contributed by atoms with E-state index in [1.165, 1.54) is 31.5 Å². The highest BCUT2D eigenvalue weighted by molar-refractivity contribution is 5.25. The number of hydrogen-bond donors (Lipinski definition) is 1. The van der Waals surface area contributed by atoms with Crippen molar-refractivity contribution in [3.05, 3.63) is 35.9 Å². The summed E-state index contributed by atoms with van der Waals surface area (Å²) in [4.78, 5) is 2.65. The summed E-state index contributed by atoms with van der Waals surface area (Å²) in [6.45, 7) is 9.45. The summed E-state index contributed by atoms with van der Waals surface area (Å²) in [6.07, 6.45) is 2.70. The molecule has 1 aromatic rings. The summed E-state index contributed by atoms with van der Waals surface area (Å²) in [5.41, 5.74) is 1.66. The van der Waals surface area contributed by atoms with Crippen molar-refractivity contribution in [1.82, 2.24) is 10.2 Å². The van der Waals surface area contributed by atoms with Gasteiger partial charge in [-0.05, 0) is 31.5 Å². The largest absolute Gasteiger partial charge is 0.319 e. The molecule has 2 atom stereocenters. The molecule has 1 saturated heterocycles. The molecule has 1 fully saturated rings. The average molecular weight is 260 g/mol. The molecule has 106 valence electrons. The zero-order valence-electron chi connectivity index (χ0n) is 12.7. The lowest BCUT2D eigenvalue weighted by atomic mass is 9.82. The van der Waals surface area contributed by atoms with Crippen LogP contribution in [0.4, 0.5) is 0 Å². The first kappa shape index (κ1) is 14.5. The first-order valence-corrected chi connectivity index (χ1v) is 7.60. The van der Waals surface area contributed by atoms with Crippen molar-refractivity contribution in [3.8, 4) is 0 Å². The smallest absolute Gasteiger partial charge is 0.0176 e. The van der Waals surface area contributed by atoms with E-state index in [0.717, 1.165) is 19.0 Å². The fourth-order valence-electron chi connectivity index (χ4n) is 3.36. The summed E-state index contributed by atoms with van der Waals surface area (Å²) in [7, 11) is 2.06. The third-order valence-electron chi connectivity index (χ3n) is 4.56. The Labute approximate surface area is 118 Å². The summed E-state index contributed by atoms with van der Waals surface area (Å²) < 4.78 is 0. The average Bonchev–Trinajstić information content (AvgIpc) is 2.87. The third-order valence-corrected chi connectivity index (χ3v) is 4.56. The normalized spacial score (nSPS) is 23.4. The summed E-state index contributed by atoms with van der Waals surface area (Å²) in [6, 6.07) is 11.0. The third kappa shape index (κ3) is 3.58. The van der Waals surface area contributed by atoms with Crippen LogP contribution in [-0.2, 0) is 5.41 Å². The lowest BCUT2D eigenvalue weighted by Crippen LogP contribution is -2.44. The van der Waals surface area contributed by atoms with E-state index < -0.39 is 0 Å². The predicted molar refractivity (Wildman–Crippen MR) is 82.6 cm³/mol. The van der Waals surface area contributed by atoms with E-state index in [0.29, 0.717) is 0 Å². The standard InChI is InChI=1S/C17H28N2/c1-4-15-10-11-19(12-15)14-17(2,13-18-3)16-8-6-5-7-9-16/h5-9,15,18H,4,10-14H2,1-3H3. The van der Waals surface area contributed by atoms with Gasteiger partial charge in [-0.25, -0.2) is 0 Å². The monoisotopic (exact) mass is 260 g/mol. The van der Waals surface area contributed by atoms with Crippen molar-refractivity contribution in [1.29, 1.82) is 0 Å². The molecule has 1 aromatic carbocycles. The Bertz CT molecular complexity index is 376. The number of nitrogens with one attached hydrogen (secondary N) is 1. The van der Waals surface area contributed by atoms with Crippen molar-refractivity contribution < 1.29 is 0 Å². The molecule has 0 saturated carbocycles. The maximum atomic E-state index is 3.38. The van der Waals surface area contributed by atoms with E-state index >= 15 is 0 Å². The Morgan fingerprint density at radius 2 is 2.05 bits per heavy atom. The fraction of sp³-hybridized carbons (Fsp3) is 0.647. The summed E-state index contributed by atoms with van der Waals surface area (Å²) in [5, 5.41) is 3.38. The molecule has 1 N–H and O–H groups in total. The number of benzene rings is 1. The lowest BCUT2D eigenvalue weighted by Gasteiger charge is -2.34. The van der Waals surface area contributed by atoms with Crippen LogP contribution >= 0.6 is 0 Å². The molecule has 2 nitrogen and oxygen atoms in total. The van der Waals surface area contributed by atoms with Crippen LogP contribution in [0.25, 0.3) is 0 Å². The van der Waals surface area contributed by atoms with E-state index in [9.17, 15) is 0 Å². The van der Waals surface area contributed by atoms with Crippen LogP contribution in [0.2, 0.25) is 0 Å². The Kier molecular flexibility index (Phi) is 5.00. The Balaban J connectivity index is 2.08. The predicted octanol–water partition coefficient (Wildman–Crippen LogP) is 2.90. The van der Waals surface area contributed by atoms with Crippen LogP contribution < -0.4 is 5.32 Å². The Morgan fingerprint density at radius 1 is 1.32 bits per heavy atom. The number of rotatable bonds is 6. The molecule has 2 heteroatoms. The molecule has 19 heavy (non-hydrogen) atoms. The minimum Gasteiger partial charge on any atom is -0.319 e. The van der Waals surface area contributed by atoms with Gasteiger partial charge in [0.2, 0.25) is 0 Å². The minimum atomic E-state index is 0.207. The fourth-order valence-corrected chi connectivity index (χ4v) is 3.36. The molecular formula is C17H28N2. The lowest BCUT2D eigenvalue weighted by molar-refractivity contribution is 0.245. The highest BCUT2D eigenvalue weighted by Crippen LogP contribution is 2.28. The van der Waals surface area contributed by atoms with Gasteiger partial charge in [-0.1, -0.05) is 50.6 Å². The molecular weight excluding hydrogens is 232 g/mol. The van der Waals surface area contributed by atoms with Gasteiger partial charge in [-0.3, -0.25) is 0 Å². The van der Waals surface area contributed by atoms with Crippen LogP contribution in [0, 0.1) is 5.92 Å². The minimum absolute atomic E-state index is 0.207. The Morgan fingerprint density at radius 3 is 2.63 bits per heavy atom. The molecule has 0 aromatic heterocycles. The van der Waals surface area contributed by atoms with Gasteiger partial charge in [0.15, 0.2) is 0 Å². The topological polar surface area (TPSA) is 15.3 Å². The van der Waals surface area contributed by atoms with Crippen molar-refractivity contribution in [3.63, 3.8) is 0 Å². The highest BCUT2D eigenvalue weighted by atomic mass is 15.2. The van der Waals surface area contributed by atoms with Crippen molar-refractivity contribution in [2.75, 3.05) is 33.2 Å².